The molecule has 0 heterocycles. The third-order valence-electron chi connectivity index (χ3n) is 2.28. The minimum absolute atomic E-state index is 0.231. The molecule has 86 valence electrons. The molecule has 2 rings (SSSR count). The number of ketones is 1. The van der Waals surface area contributed by atoms with Gasteiger partial charge in [-0.05, 0) is 25.0 Å². The Kier molecular flexibility index (Phi) is 5.34. The number of benzene rings is 1. The summed E-state index contributed by atoms with van der Waals surface area (Å²) in [6.07, 6.45) is 4.35. The summed E-state index contributed by atoms with van der Waals surface area (Å²) in [5.74, 6) is 0.231. The predicted molar refractivity (Wildman–Crippen MR) is 68.4 cm³/mol. The van der Waals surface area contributed by atoms with Crippen molar-refractivity contribution in [2.75, 3.05) is 5.32 Å². The van der Waals surface area contributed by atoms with Crippen LogP contribution in [0.4, 0.5) is 5.69 Å². The van der Waals surface area contributed by atoms with Gasteiger partial charge in [0.1, 0.15) is 0 Å². The number of allylic oxidation sites excluding steroid dienone is 2. The second-order valence-corrected chi connectivity index (χ2v) is 3.48. The zero-order valence-electron chi connectivity index (χ0n) is 9.99. The molecular weight excluding hydrogens is 198 g/mol. The number of rotatable bonds is 2. The average Bonchev–Trinajstić information content (AvgIpc) is 2.33. The Morgan fingerprint density at radius 3 is 2.38 bits per heavy atom. The van der Waals surface area contributed by atoms with E-state index in [0.717, 1.165) is 24.2 Å². The molecule has 2 heteroatoms. The van der Waals surface area contributed by atoms with Crippen LogP contribution in [0.5, 0.6) is 0 Å². The predicted octanol–water partition coefficient (Wildman–Crippen LogP) is 3.76. The quantitative estimate of drug-likeness (QED) is 0.817. The van der Waals surface area contributed by atoms with Crippen LogP contribution in [0.25, 0.3) is 0 Å². The molecule has 0 aliphatic heterocycles. The Morgan fingerprint density at radius 1 is 1.06 bits per heavy atom. The van der Waals surface area contributed by atoms with Crippen LogP contribution < -0.4 is 5.32 Å². The molecule has 1 N–H and O–H groups in total. The summed E-state index contributed by atoms with van der Waals surface area (Å²) in [5.41, 5.74) is 2.08. The van der Waals surface area contributed by atoms with E-state index >= 15 is 0 Å². The first kappa shape index (κ1) is 12.5. The fourth-order valence-corrected chi connectivity index (χ4v) is 1.60. The van der Waals surface area contributed by atoms with Gasteiger partial charge in [0.15, 0.2) is 5.78 Å². The standard InChI is InChI=1S/C12H13NO.C2H6/c14-12-8-4-7-11(9-12)13-10-5-2-1-3-6-10;1-2/h1-3,5-6,9,13H,4,7-8H2;1-2H3. The van der Waals surface area contributed by atoms with Crippen molar-refractivity contribution in [3.63, 3.8) is 0 Å². The van der Waals surface area contributed by atoms with Crippen molar-refractivity contribution in [2.24, 2.45) is 0 Å². The molecule has 1 aliphatic carbocycles. The minimum Gasteiger partial charge on any atom is -0.359 e. The fraction of sp³-hybridized carbons (Fsp3) is 0.357. The number of carbonyl (C=O) groups is 1. The molecule has 0 bridgehead atoms. The maximum atomic E-state index is 11.1. The van der Waals surface area contributed by atoms with Gasteiger partial charge in [-0.3, -0.25) is 4.79 Å². The van der Waals surface area contributed by atoms with Crippen LogP contribution in [0.15, 0.2) is 42.1 Å². The summed E-state index contributed by atoms with van der Waals surface area (Å²) < 4.78 is 0. The SMILES string of the molecule is CC.O=C1C=C(Nc2ccccc2)CCC1. The third kappa shape index (κ3) is 3.89. The highest BCUT2D eigenvalue weighted by atomic mass is 16.1. The van der Waals surface area contributed by atoms with Crippen molar-refractivity contribution in [1.82, 2.24) is 0 Å². The number of hydrogen-bond donors (Lipinski definition) is 1. The van der Waals surface area contributed by atoms with Crippen molar-refractivity contribution in [1.29, 1.82) is 0 Å². The van der Waals surface area contributed by atoms with Crippen LogP contribution in [-0.4, -0.2) is 5.78 Å². The molecule has 0 spiro atoms. The first-order valence-electron chi connectivity index (χ1n) is 5.90. The summed E-state index contributed by atoms with van der Waals surface area (Å²) in [4.78, 5) is 11.1. The number of anilines is 1. The maximum Gasteiger partial charge on any atom is 0.157 e. The molecule has 0 fully saturated rings. The van der Waals surface area contributed by atoms with E-state index in [1.54, 1.807) is 6.08 Å². The van der Waals surface area contributed by atoms with Crippen molar-refractivity contribution in [3.05, 3.63) is 42.1 Å². The first-order valence-corrected chi connectivity index (χ1v) is 5.90. The van der Waals surface area contributed by atoms with E-state index in [0.29, 0.717) is 6.42 Å². The Morgan fingerprint density at radius 2 is 1.75 bits per heavy atom. The van der Waals surface area contributed by atoms with Crippen molar-refractivity contribution in [2.45, 2.75) is 33.1 Å². The topological polar surface area (TPSA) is 29.1 Å². The van der Waals surface area contributed by atoms with Gasteiger partial charge in [0, 0.05) is 23.9 Å². The summed E-state index contributed by atoms with van der Waals surface area (Å²) >= 11 is 0. The van der Waals surface area contributed by atoms with Gasteiger partial charge in [0.2, 0.25) is 0 Å². The minimum atomic E-state index is 0.231. The lowest BCUT2D eigenvalue weighted by atomic mass is 10.0. The van der Waals surface area contributed by atoms with Crippen LogP contribution in [0.1, 0.15) is 33.1 Å². The molecule has 0 unspecified atom stereocenters. The van der Waals surface area contributed by atoms with Crippen molar-refractivity contribution < 1.29 is 4.79 Å². The molecule has 1 aliphatic rings. The highest BCUT2D eigenvalue weighted by molar-refractivity contribution is 5.91. The van der Waals surface area contributed by atoms with Crippen LogP contribution >= 0.6 is 0 Å². The van der Waals surface area contributed by atoms with Gasteiger partial charge in [0.25, 0.3) is 0 Å². The Labute approximate surface area is 97.4 Å². The zero-order chi connectivity index (χ0) is 11.8. The third-order valence-corrected chi connectivity index (χ3v) is 2.28. The largest absolute Gasteiger partial charge is 0.359 e. The molecule has 1 aromatic carbocycles. The lowest BCUT2D eigenvalue weighted by Gasteiger charge is -2.14. The van der Waals surface area contributed by atoms with Crippen LogP contribution in [-0.2, 0) is 4.79 Å². The van der Waals surface area contributed by atoms with Gasteiger partial charge in [-0.1, -0.05) is 32.0 Å². The molecule has 2 nitrogen and oxygen atoms in total. The summed E-state index contributed by atoms with van der Waals surface area (Å²) in [7, 11) is 0. The van der Waals surface area contributed by atoms with E-state index in [4.69, 9.17) is 0 Å². The normalized spacial score (nSPS) is 14.6. The van der Waals surface area contributed by atoms with Crippen molar-refractivity contribution in [3.8, 4) is 0 Å². The van der Waals surface area contributed by atoms with Gasteiger partial charge < -0.3 is 5.32 Å². The van der Waals surface area contributed by atoms with Gasteiger partial charge in [0.05, 0.1) is 0 Å². The summed E-state index contributed by atoms with van der Waals surface area (Å²) in [5, 5.41) is 3.25. The molecule has 0 atom stereocenters. The molecule has 0 radical (unpaired) electrons. The molecule has 0 saturated heterocycles. The van der Waals surface area contributed by atoms with Gasteiger partial charge >= 0.3 is 0 Å². The molecule has 0 aromatic heterocycles. The smallest absolute Gasteiger partial charge is 0.157 e. The Balaban J connectivity index is 0.000000606. The Hall–Kier alpha value is -1.57. The first-order chi connectivity index (χ1) is 7.84. The lowest BCUT2D eigenvalue weighted by Crippen LogP contribution is -2.08. The van der Waals surface area contributed by atoms with E-state index in [-0.39, 0.29) is 5.78 Å². The summed E-state index contributed by atoms with van der Waals surface area (Å²) in [6.45, 7) is 4.00. The van der Waals surface area contributed by atoms with Crippen LogP contribution in [0.2, 0.25) is 0 Å². The van der Waals surface area contributed by atoms with Gasteiger partial charge in [-0.15, -0.1) is 0 Å². The monoisotopic (exact) mass is 217 g/mol. The van der Waals surface area contributed by atoms with Gasteiger partial charge in [-0.25, -0.2) is 0 Å². The van der Waals surface area contributed by atoms with Crippen LogP contribution in [0.3, 0.4) is 0 Å². The Bertz CT molecular complexity index is 354. The number of hydrogen-bond acceptors (Lipinski definition) is 2. The molecule has 16 heavy (non-hydrogen) atoms. The lowest BCUT2D eigenvalue weighted by molar-refractivity contribution is -0.115. The van der Waals surface area contributed by atoms with Gasteiger partial charge in [-0.2, -0.15) is 0 Å². The number of para-hydroxylation sites is 1. The zero-order valence-corrected chi connectivity index (χ0v) is 9.99. The highest BCUT2D eigenvalue weighted by Crippen LogP contribution is 2.17. The van der Waals surface area contributed by atoms with Crippen LogP contribution in [0, 0.1) is 0 Å². The highest BCUT2D eigenvalue weighted by Gasteiger charge is 2.09. The number of carbonyl (C=O) groups excluding carboxylic acids is 1. The summed E-state index contributed by atoms with van der Waals surface area (Å²) in [6, 6.07) is 9.94. The second-order valence-electron chi connectivity index (χ2n) is 3.48. The van der Waals surface area contributed by atoms with E-state index in [2.05, 4.69) is 5.32 Å². The van der Waals surface area contributed by atoms with Crippen molar-refractivity contribution >= 4 is 11.5 Å². The molecular formula is C14H19NO. The molecule has 0 amide bonds. The van der Waals surface area contributed by atoms with E-state index in [1.807, 2.05) is 44.2 Å². The van der Waals surface area contributed by atoms with E-state index in [1.165, 1.54) is 0 Å². The average molecular weight is 217 g/mol. The van der Waals surface area contributed by atoms with E-state index in [9.17, 15) is 4.79 Å². The number of nitrogens with one attached hydrogen (secondary N) is 1. The maximum absolute atomic E-state index is 11.1. The van der Waals surface area contributed by atoms with E-state index < -0.39 is 0 Å². The fourth-order valence-electron chi connectivity index (χ4n) is 1.60. The second kappa shape index (κ2) is 6.83. The molecule has 0 saturated carbocycles. The molecule has 1 aromatic rings.